The summed E-state index contributed by atoms with van der Waals surface area (Å²) in [4.78, 5) is 2.40. The van der Waals surface area contributed by atoms with Gasteiger partial charge < -0.3 is 14.0 Å². The molecule has 0 aliphatic rings. The molecule has 0 fully saturated rings. The average Bonchev–Trinajstić information content (AvgIpc) is 3.87. The molecule has 0 spiro atoms. The van der Waals surface area contributed by atoms with Gasteiger partial charge in [0.25, 0.3) is 0 Å². The van der Waals surface area contributed by atoms with Gasteiger partial charge >= 0.3 is 0 Å². The van der Waals surface area contributed by atoms with Gasteiger partial charge in [-0.2, -0.15) is 0 Å². The molecule has 12 rings (SSSR count). The third-order valence-corrected chi connectivity index (χ3v) is 13.5. The van der Waals surface area contributed by atoms with Crippen molar-refractivity contribution in [3.05, 3.63) is 236 Å². The summed E-state index contributed by atoms with van der Waals surface area (Å²) in [6.45, 7) is 8.99. The molecule has 0 atom stereocenters. The van der Waals surface area contributed by atoms with Crippen LogP contribution >= 0.6 is 0 Å². The molecule has 2 aromatic heterocycles. The molecule has 0 bridgehead atoms. The van der Waals surface area contributed by atoms with Crippen LogP contribution in [0.4, 0.5) is 17.1 Å². The average molecular weight is 848 g/mol. The van der Waals surface area contributed by atoms with Gasteiger partial charge in [0.15, 0.2) is 0 Å². The van der Waals surface area contributed by atoms with E-state index in [4.69, 9.17) is 0 Å². The largest absolute Gasteiger partial charge is 0.310 e. The Balaban J connectivity index is 0.975. The maximum atomic E-state index is 2.42. The molecule has 3 heteroatoms. The highest BCUT2D eigenvalue weighted by molar-refractivity contribution is 6.16. The van der Waals surface area contributed by atoms with Crippen LogP contribution in [0.5, 0.6) is 0 Å². The normalized spacial score (nSPS) is 11.9. The third-order valence-electron chi connectivity index (χ3n) is 13.5. The van der Waals surface area contributed by atoms with Gasteiger partial charge in [0.05, 0.1) is 22.1 Å². The van der Waals surface area contributed by atoms with Gasteiger partial charge in [-0.3, -0.25) is 0 Å². The fourth-order valence-electron chi connectivity index (χ4n) is 10.2. The van der Waals surface area contributed by atoms with Crippen molar-refractivity contribution < 1.29 is 0 Å². The first-order chi connectivity index (χ1) is 32.3. The minimum absolute atomic E-state index is 0.0446. The van der Waals surface area contributed by atoms with Crippen molar-refractivity contribution in [1.82, 2.24) is 9.13 Å². The molecule has 12 aromatic rings. The molecule has 0 amide bonds. The molecule has 0 radical (unpaired) electrons. The number of hydrogen-bond acceptors (Lipinski definition) is 1. The van der Waals surface area contributed by atoms with Crippen LogP contribution < -0.4 is 4.90 Å². The van der Waals surface area contributed by atoms with E-state index in [2.05, 4.69) is 266 Å². The lowest BCUT2D eigenvalue weighted by atomic mass is 9.87. The van der Waals surface area contributed by atoms with Crippen LogP contribution in [-0.2, 0) is 5.41 Å². The first kappa shape index (κ1) is 39.5. The quantitative estimate of drug-likeness (QED) is 0.156. The molecule has 316 valence electrons. The van der Waals surface area contributed by atoms with Gasteiger partial charge in [-0.25, -0.2) is 0 Å². The van der Waals surface area contributed by atoms with E-state index in [0.29, 0.717) is 0 Å². The van der Waals surface area contributed by atoms with E-state index in [-0.39, 0.29) is 5.41 Å². The van der Waals surface area contributed by atoms with Crippen LogP contribution in [0.1, 0.15) is 31.9 Å². The predicted molar refractivity (Wildman–Crippen MR) is 282 cm³/mol. The first-order valence-electron chi connectivity index (χ1n) is 23.0. The zero-order valence-corrected chi connectivity index (χ0v) is 37.7. The number of rotatable bonds is 7. The van der Waals surface area contributed by atoms with Crippen LogP contribution in [-0.4, -0.2) is 9.13 Å². The Morgan fingerprint density at radius 1 is 0.364 bits per heavy atom. The molecule has 2 heterocycles. The van der Waals surface area contributed by atoms with E-state index < -0.39 is 0 Å². The topological polar surface area (TPSA) is 13.1 Å². The maximum absolute atomic E-state index is 2.42. The molecule has 10 aromatic carbocycles. The van der Waals surface area contributed by atoms with E-state index in [1.54, 1.807) is 0 Å². The van der Waals surface area contributed by atoms with Crippen LogP contribution in [0.15, 0.2) is 224 Å². The first-order valence-corrected chi connectivity index (χ1v) is 23.0. The van der Waals surface area contributed by atoms with E-state index in [1.165, 1.54) is 87.9 Å². The number of aryl methyl sites for hydroxylation is 1. The smallest absolute Gasteiger partial charge is 0.0547 e. The summed E-state index contributed by atoms with van der Waals surface area (Å²) in [6.07, 6.45) is 0. The number of fused-ring (bicyclic) bond motifs is 7. The standard InChI is InChI=1S/C63H49N3/c1-42-14-11-18-51(38-42)66-58-23-9-7-20-55(58)56-37-29-47(41-61(56)66)46-17-12-19-52(40-46)64(50-35-30-48(31-36-50)63(2,3)4)49-32-27-44(28-33-49)54-22-13-25-60-62(54)57-21-8-10-24-59(57)65(60)53-34-26-43-15-5-6-16-45(43)39-53/h5-41H,1-4H3. The minimum atomic E-state index is 0.0446. The van der Waals surface area contributed by atoms with Crippen molar-refractivity contribution in [3.63, 3.8) is 0 Å². The molecule has 0 saturated carbocycles. The van der Waals surface area contributed by atoms with Crippen LogP contribution in [0.3, 0.4) is 0 Å². The second-order valence-electron chi connectivity index (χ2n) is 18.7. The molecular formula is C63H49N3. The maximum Gasteiger partial charge on any atom is 0.0547 e. The van der Waals surface area contributed by atoms with Gasteiger partial charge in [0, 0.05) is 50.0 Å². The van der Waals surface area contributed by atoms with E-state index in [0.717, 1.165) is 28.3 Å². The van der Waals surface area contributed by atoms with Crippen molar-refractivity contribution in [1.29, 1.82) is 0 Å². The number of aromatic nitrogens is 2. The Kier molecular flexibility index (Phi) is 9.29. The second kappa shape index (κ2) is 15.5. The highest BCUT2D eigenvalue weighted by Gasteiger charge is 2.20. The van der Waals surface area contributed by atoms with E-state index in [9.17, 15) is 0 Å². The summed E-state index contributed by atoms with van der Waals surface area (Å²) < 4.78 is 4.84. The zero-order valence-electron chi connectivity index (χ0n) is 37.7. The molecule has 3 nitrogen and oxygen atoms in total. The summed E-state index contributed by atoms with van der Waals surface area (Å²) in [7, 11) is 0. The van der Waals surface area contributed by atoms with Crippen molar-refractivity contribution in [2.24, 2.45) is 0 Å². The number of benzene rings is 10. The van der Waals surface area contributed by atoms with Gasteiger partial charge in [0.2, 0.25) is 0 Å². The Morgan fingerprint density at radius 2 is 0.955 bits per heavy atom. The Labute approximate surface area is 386 Å². The lowest BCUT2D eigenvalue weighted by molar-refractivity contribution is 0.590. The van der Waals surface area contributed by atoms with Crippen LogP contribution in [0.25, 0.3) is 88.0 Å². The van der Waals surface area contributed by atoms with Gasteiger partial charge in [0.1, 0.15) is 0 Å². The third kappa shape index (κ3) is 6.66. The fraction of sp³-hybridized carbons (Fsp3) is 0.0794. The molecule has 0 saturated heterocycles. The Morgan fingerprint density at radius 3 is 1.73 bits per heavy atom. The highest BCUT2D eigenvalue weighted by Crippen LogP contribution is 2.43. The van der Waals surface area contributed by atoms with Crippen molar-refractivity contribution >= 4 is 71.4 Å². The summed E-state index contributed by atoms with van der Waals surface area (Å²) in [5, 5.41) is 7.49. The number of nitrogens with zero attached hydrogens (tertiary/aromatic N) is 3. The fourth-order valence-corrected chi connectivity index (χ4v) is 10.2. The Hall–Kier alpha value is -8.14. The molecule has 0 aliphatic carbocycles. The predicted octanol–water partition coefficient (Wildman–Crippen LogP) is 17.4. The number of anilines is 3. The van der Waals surface area contributed by atoms with Crippen LogP contribution in [0, 0.1) is 6.92 Å². The summed E-state index contributed by atoms with van der Waals surface area (Å²) >= 11 is 0. The summed E-state index contributed by atoms with van der Waals surface area (Å²) in [6, 6.07) is 82.7. The number of hydrogen-bond donors (Lipinski definition) is 0. The highest BCUT2D eigenvalue weighted by atomic mass is 15.1. The van der Waals surface area contributed by atoms with Gasteiger partial charge in [-0.05, 0) is 141 Å². The molecule has 66 heavy (non-hydrogen) atoms. The van der Waals surface area contributed by atoms with Crippen molar-refractivity contribution in [2.75, 3.05) is 4.90 Å². The zero-order chi connectivity index (χ0) is 44.5. The van der Waals surface area contributed by atoms with Crippen molar-refractivity contribution in [3.8, 4) is 33.6 Å². The molecule has 0 unspecified atom stereocenters. The SMILES string of the molecule is Cc1cccc(-n2c3ccccc3c3ccc(-c4cccc(N(c5ccc(-c6cccc7c6c6ccccc6n7-c6ccc7ccccc7c6)cc5)c5ccc(C(C)(C)C)cc5)c4)cc32)c1. The lowest BCUT2D eigenvalue weighted by Gasteiger charge is -2.27. The number of para-hydroxylation sites is 2. The van der Waals surface area contributed by atoms with E-state index in [1.807, 2.05) is 0 Å². The van der Waals surface area contributed by atoms with Crippen molar-refractivity contribution in [2.45, 2.75) is 33.1 Å². The Bertz CT molecular complexity index is 3800. The monoisotopic (exact) mass is 847 g/mol. The molecular weight excluding hydrogens is 799 g/mol. The van der Waals surface area contributed by atoms with Gasteiger partial charge in [-0.1, -0.05) is 160 Å². The summed E-state index contributed by atoms with van der Waals surface area (Å²) in [5.74, 6) is 0. The molecule has 0 N–H and O–H groups in total. The molecule has 0 aliphatic heterocycles. The van der Waals surface area contributed by atoms with Crippen LogP contribution in [0.2, 0.25) is 0 Å². The summed E-state index contributed by atoms with van der Waals surface area (Å²) in [5.41, 5.74) is 17.8. The van der Waals surface area contributed by atoms with E-state index >= 15 is 0 Å². The lowest BCUT2D eigenvalue weighted by Crippen LogP contribution is -2.13. The van der Waals surface area contributed by atoms with Gasteiger partial charge in [-0.15, -0.1) is 0 Å². The second-order valence-corrected chi connectivity index (χ2v) is 18.7. The minimum Gasteiger partial charge on any atom is -0.310 e.